The summed E-state index contributed by atoms with van der Waals surface area (Å²) in [5.41, 5.74) is 1.23. The predicted octanol–water partition coefficient (Wildman–Crippen LogP) is 2.64. The van der Waals surface area contributed by atoms with E-state index < -0.39 is 11.6 Å². The monoisotopic (exact) mass is 306 g/mol. The number of ether oxygens (including phenoxy) is 1. The van der Waals surface area contributed by atoms with Gasteiger partial charge >= 0.3 is 0 Å². The van der Waals surface area contributed by atoms with Crippen LogP contribution in [0.2, 0.25) is 0 Å². The lowest BCUT2D eigenvalue weighted by molar-refractivity contribution is 0.122. The Kier molecular flexibility index (Phi) is 4.15. The Labute approximate surface area is 127 Å². The summed E-state index contributed by atoms with van der Waals surface area (Å²) in [5.74, 6) is -0.629. The molecule has 7 heteroatoms. The van der Waals surface area contributed by atoms with Crippen LogP contribution in [0.4, 0.5) is 26.2 Å². The van der Waals surface area contributed by atoms with E-state index in [9.17, 15) is 8.78 Å². The molecule has 1 aliphatic heterocycles. The summed E-state index contributed by atoms with van der Waals surface area (Å²) >= 11 is 0. The van der Waals surface area contributed by atoms with Crippen LogP contribution in [-0.2, 0) is 4.74 Å². The number of halogens is 2. The van der Waals surface area contributed by atoms with E-state index in [0.717, 1.165) is 30.9 Å². The molecule has 2 heterocycles. The van der Waals surface area contributed by atoms with Gasteiger partial charge in [0.1, 0.15) is 5.82 Å². The Morgan fingerprint density at radius 1 is 1.09 bits per heavy atom. The third-order valence-electron chi connectivity index (χ3n) is 3.33. The highest BCUT2D eigenvalue weighted by Gasteiger charge is 2.15. The highest BCUT2D eigenvalue weighted by Crippen LogP contribution is 2.20. The lowest BCUT2D eigenvalue weighted by Crippen LogP contribution is -2.37. The molecular formula is C15H16F2N4O. The van der Waals surface area contributed by atoms with Gasteiger partial charge in [0.2, 0.25) is 5.95 Å². The smallest absolute Gasteiger partial charge is 0.227 e. The molecule has 0 bridgehead atoms. The maximum absolute atomic E-state index is 13.3. The molecule has 22 heavy (non-hydrogen) atoms. The molecule has 0 atom stereocenters. The molecular weight excluding hydrogens is 290 g/mol. The van der Waals surface area contributed by atoms with Crippen molar-refractivity contribution >= 4 is 17.5 Å². The first-order valence-corrected chi connectivity index (χ1v) is 7.02. The average Bonchev–Trinajstić information content (AvgIpc) is 2.51. The maximum atomic E-state index is 13.3. The summed E-state index contributed by atoms with van der Waals surface area (Å²) in [6, 6.07) is 5.39. The quantitative estimate of drug-likeness (QED) is 0.945. The summed E-state index contributed by atoms with van der Waals surface area (Å²) in [6.07, 6.45) is 0. The maximum Gasteiger partial charge on any atom is 0.227 e. The van der Waals surface area contributed by atoms with Gasteiger partial charge in [-0.3, -0.25) is 0 Å². The van der Waals surface area contributed by atoms with Crippen molar-refractivity contribution in [2.24, 2.45) is 0 Å². The second kappa shape index (κ2) is 6.23. The lowest BCUT2D eigenvalue weighted by atomic mass is 10.3. The van der Waals surface area contributed by atoms with E-state index >= 15 is 0 Å². The van der Waals surface area contributed by atoms with Crippen molar-refractivity contribution in [3.8, 4) is 0 Å². The fourth-order valence-corrected chi connectivity index (χ4v) is 2.24. The van der Waals surface area contributed by atoms with Crippen LogP contribution in [-0.4, -0.2) is 36.3 Å². The number of benzene rings is 1. The first-order chi connectivity index (χ1) is 10.6. The van der Waals surface area contributed by atoms with Crippen molar-refractivity contribution < 1.29 is 13.5 Å². The summed E-state index contributed by atoms with van der Waals surface area (Å²) in [6.45, 7) is 4.61. The normalized spacial score (nSPS) is 15.0. The second-order valence-corrected chi connectivity index (χ2v) is 5.05. The standard InChI is InChI=1S/C15H16F2N4O/c1-10-8-14(19-11-2-3-12(16)13(17)9-11)20-15(18-10)21-4-6-22-7-5-21/h2-3,8-9H,4-7H2,1H3,(H,18,19,20). The molecule has 0 unspecified atom stereocenters. The molecule has 0 radical (unpaired) electrons. The molecule has 1 aromatic heterocycles. The molecule has 0 amide bonds. The Hall–Kier alpha value is -2.28. The molecule has 0 aliphatic carbocycles. The third-order valence-corrected chi connectivity index (χ3v) is 3.33. The first-order valence-electron chi connectivity index (χ1n) is 7.02. The number of hydrogen-bond donors (Lipinski definition) is 1. The van der Waals surface area contributed by atoms with Crippen molar-refractivity contribution in [3.05, 3.63) is 41.6 Å². The molecule has 2 aromatic rings. The molecule has 116 valence electrons. The van der Waals surface area contributed by atoms with E-state index in [4.69, 9.17) is 4.74 Å². The van der Waals surface area contributed by atoms with Crippen molar-refractivity contribution in [1.29, 1.82) is 0 Å². The van der Waals surface area contributed by atoms with E-state index in [2.05, 4.69) is 15.3 Å². The molecule has 1 aliphatic rings. The summed E-state index contributed by atoms with van der Waals surface area (Å²) in [4.78, 5) is 10.9. The van der Waals surface area contributed by atoms with Crippen LogP contribution < -0.4 is 10.2 Å². The zero-order chi connectivity index (χ0) is 15.5. The summed E-state index contributed by atoms with van der Waals surface area (Å²) in [5, 5.41) is 2.98. The molecule has 3 rings (SSSR count). The Bertz CT molecular complexity index is 675. The van der Waals surface area contributed by atoms with Crippen LogP contribution in [0.5, 0.6) is 0 Å². The fourth-order valence-electron chi connectivity index (χ4n) is 2.24. The van der Waals surface area contributed by atoms with Gasteiger partial charge in [0.15, 0.2) is 11.6 Å². The van der Waals surface area contributed by atoms with Crippen LogP contribution in [0.1, 0.15) is 5.69 Å². The van der Waals surface area contributed by atoms with Crippen molar-refractivity contribution in [3.63, 3.8) is 0 Å². The molecule has 0 spiro atoms. The molecule has 1 N–H and O–H groups in total. The SMILES string of the molecule is Cc1cc(Nc2ccc(F)c(F)c2)nc(N2CCOCC2)n1. The topological polar surface area (TPSA) is 50.3 Å². The Morgan fingerprint density at radius 3 is 2.59 bits per heavy atom. The van der Waals surface area contributed by atoms with Crippen molar-refractivity contribution in [1.82, 2.24) is 9.97 Å². The number of anilines is 3. The van der Waals surface area contributed by atoms with Gasteiger partial charge in [0.05, 0.1) is 13.2 Å². The Balaban J connectivity index is 1.83. The largest absolute Gasteiger partial charge is 0.378 e. The van der Waals surface area contributed by atoms with Gasteiger partial charge in [-0.05, 0) is 19.1 Å². The number of hydrogen-bond acceptors (Lipinski definition) is 5. The van der Waals surface area contributed by atoms with E-state index in [1.54, 1.807) is 6.07 Å². The van der Waals surface area contributed by atoms with Crippen LogP contribution in [0, 0.1) is 18.6 Å². The van der Waals surface area contributed by atoms with Crippen molar-refractivity contribution in [2.75, 3.05) is 36.5 Å². The van der Waals surface area contributed by atoms with E-state index in [0.29, 0.717) is 30.7 Å². The molecule has 5 nitrogen and oxygen atoms in total. The highest BCUT2D eigenvalue weighted by molar-refractivity contribution is 5.57. The minimum absolute atomic E-state index is 0.435. The van der Waals surface area contributed by atoms with Crippen LogP contribution in [0.3, 0.4) is 0 Å². The number of rotatable bonds is 3. The second-order valence-electron chi connectivity index (χ2n) is 5.05. The van der Waals surface area contributed by atoms with Gasteiger partial charge in [-0.1, -0.05) is 0 Å². The number of morpholine rings is 1. The highest BCUT2D eigenvalue weighted by atomic mass is 19.2. The first kappa shape index (κ1) is 14.6. The van der Waals surface area contributed by atoms with Crippen molar-refractivity contribution in [2.45, 2.75) is 6.92 Å². The molecule has 1 saturated heterocycles. The number of nitrogens with one attached hydrogen (secondary N) is 1. The Morgan fingerprint density at radius 2 is 1.86 bits per heavy atom. The molecule has 1 fully saturated rings. The fraction of sp³-hybridized carbons (Fsp3) is 0.333. The number of aromatic nitrogens is 2. The van der Waals surface area contributed by atoms with Gasteiger partial charge in [0, 0.05) is 36.6 Å². The zero-order valence-corrected chi connectivity index (χ0v) is 12.1. The number of aryl methyl sites for hydroxylation is 1. The van der Waals surface area contributed by atoms with Crippen LogP contribution in [0.15, 0.2) is 24.3 Å². The average molecular weight is 306 g/mol. The molecule has 1 aromatic carbocycles. The molecule has 0 saturated carbocycles. The van der Waals surface area contributed by atoms with E-state index in [1.807, 2.05) is 11.8 Å². The predicted molar refractivity (Wildman–Crippen MR) is 79.4 cm³/mol. The van der Waals surface area contributed by atoms with Gasteiger partial charge < -0.3 is 15.0 Å². The van der Waals surface area contributed by atoms with Gasteiger partial charge in [-0.25, -0.2) is 13.8 Å². The van der Waals surface area contributed by atoms with E-state index in [-0.39, 0.29) is 0 Å². The minimum Gasteiger partial charge on any atom is -0.378 e. The third kappa shape index (κ3) is 3.30. The summed E-state index contributed by atoms with van der Waals surface area (Å²) < 4.78 is 31.5. The van der Waals surface area contributed by atoms with Gasteiger partial charge in [0.25, 0.3) is 0 Å². The van der Waals surface area contributed by atoms with Gasteiger partial charge in [-0.15, -0.1) is 0 Å². The van der Waals surface area contributed by atoms with Crippen LogP contribution >= 0.6 is 0 Å². The minimum atomic E-state index is -0.899. The van der Waals surface area contributed by atoms with E-state index in [1.165, 1.54) is 6.07 Å². The van der Waals surface area contributed by atoms with Crippen LogP contribution in [0.25, 0.3) is 0 Å². The zero-order valence-electron chi connectivity index (χ0n) is 12.1. The number of nitrogens with zero attached hydrogens (tertiary/aromatic N) is 3. The lowest BCUT2D eigenvalue weighted by Gasteiger charge is -2.27. The summed E-state index contributed by atoms with van der Waals surface area (Å²) in [7, 11) is 0. The van der Waals surface area contributed by atoms with Gasteiger partial charge in [-0.2, -0.15) is 4.98 Å².